The molecule has 2 aromatic heterocycles. The number of aryl methyl sites for hydroxylation is 2. The normalized spacial score (nSPS) is 14.6. The van der Waals surface area contributed by atoms with E-state index in [2.05, 4.69) is 10.9 Å². The number of alkyl halides is 1. The van der Waals surface area contributed by atoms with E-state index in [9.17, 15) is 14.0 Å². The van der Waals surface area contributed by atoms with Crippen LogP contribution in [0.3, 0.4) is 0 Å². The molecule has 0 atom stereocenters. The predicted molar refractivity (Wildman–Crippen MR) is 94.5 cm³/mol. The third kappa shape index (κ3) is 3.05. The van der Waals surface area contributed by atoms with Crippen molar-refractivity contribution in [3.63, 3.8) is 0 Å². The number of aromatic nitrogens is 2. The predicted octanol–water partition coefficient (Wildman–Crippen LogP) is 1.84. The van der Waals surface area contributed by atoms with E-state index in [1.165, 1.54) is 15.9 Å². The number of halogens is 1. The van der Waals surface area contributed by atoms with E-state index in [0.717, 1.165) is 23.3 Å². The van der Waals surface area contributed by atoms with Crippen LogP contribution in [-0.2, 0) is 13.1 Å². The van der Waals surface area contributed by atoms with Gasteiger partial charge in [0.1, 0.15) is 4.83 Å². The quantitative estimate of drug-likeness (QED) is 0.561. The van der Waals surface area contributed by atoms with Crippen molar-refractivity contribution in [3.8, 4) is 0 Å². The molecule has 2 aromatic rings. The topological polar surface area (TPSA) is 68.1 Å². The molecule has 0 aromatic carbocycles. The summed E-state index contributed by atoms with van der Waals surface area (Å²) >= 11 is 1.47. The molecule has 132 valence electrons. The third-order valence-electron chi connectivity index (χ3n) is 4.44. The highest BCUT2D eigenvalue weighted by Crippen LogP contribution is 2.34. The van der Waals surface area contributed by atoms with Gasteiger partial charge in [0, 0.05) is 24.0 Å². The summed E-state index contributed by atoms with van der Waals surface area (Å²) in [5.41, 5.74) is 6.41. The number of hydrogen-bond acceptors (Lipinski definition) is 5. The van der Waals surface area contributed by atoms with Gasteiger partial charge in [0.25, 0.3) is 5.56 Å². The van der Waals surface area contributed by atoms with E-state index in [1.54, 1.807) is 11.6 Å². The monoisotopic (exact) mass is 354 g/mol. The average molecular weight is 354 g/mol. The summed E-state index contributed by atoms with van der Waals surface area (Å²) < 4.78 is 15.5. The molecule has 6 nitrogen and oxygen atoms in total. The molecule has 1 fully saturated rings. The first-order chi connectivity index (χ1) is 11.6. The van der Waals surface area contributed by atoms with E-state index in [0.29, 0.717) is 36.1 Å². The van der Waals surface area contributed by atoms with Crippen LogP contribution in [0.5, 0.6) is 0 Å². The molecular weight excluding hydrogens is 331 g/mol. The number of nitrogens with zero attached hydrogens (tertiary/aromatic N) is 2. The second kappa shape index (κ2) is 7.16. The van der Waals surface area contributed by atoms with Gasteiger partial charge in [-0.2, -0.15) is 0 Å². The number of hydrazine groups is 1. The van der Waals surface area contributed by atoms with Crippen molar-refractivity contribution in [1.82, 2.24) is 20.0 Å². The minimum Gasteiger partial charge on any atom is -0.284 e. The lowest BCUT2D eigenvalue weighted by molar-refractivity contribution is 0.443. The molecule has 24 heavy (non-hydrogen) atoms. The van der Waals surface area contributed by atoms with Crippen molar-refractivity contribution < 1.29 is 4.39 Å². The smallest absolute Gasteiger partial charge is 0.284 e. The minimum atomic E-state index is -0.388. The standard InChI is InChI=1S/C16H23FN4O2S/c1-10-12(9-19-18-2)24-15-13(10)14(22)21(11-5-6-11)16(23)20(15)8-4-3-7-17/h11,18-19H,3-9H2,1-2H3. The molecule has 0 radical (unpaired) electrons. The summed E-state index contributed by atoms with van der Waals surface area (Å²) in [4.78, 5) is 27.5. The highest BCUT2D eigenvalue weighted by molar-refractivity contribution is 7.18. The number of hydrogen-bond donors (Lipinski definition) is 2. The van der Waals surface area contributed by atoms with Crippen LogP contribution in [-0.4, -0.2) is 22.9 Å². The molecule has 0 spiro atoms. The fourth-order valence-electron chi connectivity index (χ4n) is 2.96. The molecule has 3 rings (SSSR count). The van der Waals surface area contributed by atoms with Gasteiger partial charge in [-0.15, -0.1) is 11.3 Å². The Morgan fingerprint density at radius 1 is 1.29 bits per heavy atom. The second-order valence-corrected chi connectivity index (χ2v) is 7.25. The molecule has 2 heterocycles. The first kappa shape index (κ1) is 17.3. The fraction of sp³-hybridized carbons (Fsp3) is 0.625. The van der Waals surface area contributed by atoms with Crippen molar-refractivity contribution in [2.75, 3.05) is 13.7 Å². The highest BCUT2D eigenvalue weighted by atomic mass is 32.1. The van der Waals surface area contributed by atoms with Gasteiger partial charge in [-0.25, -0.2) is 4.79 Å². The Kier molecular flexibility index (Phi) is 5.17. The Labute approximate surface area is 143 Å². The van der Waals surface area contributed by atoms with E-state index >= 15 is 0 Å². The number of fused-ring (bicyclic) bond motifs is 1. The molecule has 1 saturated carbocycles. The fourth-order valence-corrected chi connectivity index (χ4v) is 4.22. The summed E-state index contributed by atoms with van der Waals surface area (Å²) in [6.45, 7) is 2.58. The van der Waals surface area contributed by atoms with Crippen molar-refractivity contribution in [3.05, 3.63) is 31.3 Å². The van der Waals surface area contributed by atoms with Gasteiger partial charge in [0.05, 0.1) is 12.1 Å². The van der Waals surface area contributed by atoms with E-state index < -0.39 is 0 Å². The number of rotatable bonds is 8. The maximum Gasteiger partial charge on any atom is 0.332 e. The van der Waals surface area contributed by atoms with E-state index in [-0.39, 0.29) is 24.0 Å². The van der Waals surface area contributed by atoms with Crippen LogP contribution in [0, 0.1) is 6.92 Å². The van der Waals surface area contributed by atoms with Crippen molar-refractivity contribution >= 4 is 21.6 Å². The van der Waals surface area contributed by atoms with Crippen LogP contribution < -0.4 is 22.1 Å². The summed E-state index contributed by atoms with van der Waals surface area (Å²) in [7, 11) is 1.79. The Morgan fingerprint density at radius 3 is 2.67 bits per heavy atom. The lowest BCUT2D eigenvalue weighted by Crippen LogP contribution is -2.39. The zero-order valence-electron chi connectivity index (χ0n) is 14.0. The van der Waals surface area contributed by atoms with Crippen LogP contribution in [0.4, 0.5) is 4.39 Å². The zero-order valence-corrected chi connectivity index (χ0v) is 14.8. The summed E-state index contributed by atoms with van der Waals surface area (Å²) in [5.74, 6) is 0. The number of unbranched alkanes of at least 4 members (excludes halogenated alkanes) is 1. The third-order valence-corrected chi connectivity index (χ3v) is 5.76. The number of thiophene rings is 1. The van der Waals surface area contributed by atoms with Gasteiger partial charge in [0.2, 0.25) is 0 Å². The molecule has 0 aliphatic heterocycles. The van der Waals surface area contributed by atoms with Crippen molar-refractivity contribution in [1.29, 1.82) is 0 Å². The summed E-state index contributed by atoms with van der Waals surface area (Å²) in [5, 5.41) is 0.639. The number of nitrogens with one attached hydrogen (secondary N) is 2. The lowest BCUT2D eigenvalue weighted by atomic mass is 10.2. The van der Waals surface area contributed by atoms with Crippen LogP contribution in [0.1, 0.15) is 42.2 Å². The van der Waals surface area contributed by atoms with Crippen molar-refractivity contribution in [2.45, 2.75) is 51.7 Å². The van der Waals surface area contributed by atoms with Crippen LogP contribution in [0.15, 0.2) is 9.59 Å². The molecule has 8 heteroatoms. The Hall–Kier alpha value is -1.51. The molecule has 2 N–H and O–H groups in total. The molecular formula is C16H23FN4O2S. The van der Waals surface area contributed by atoms with Gasteiger partial charge in [0.15, 0.2) is 0 Å². The molecule has 0 bridgehead atoms. The average Bonchev–Trinajstić information content (AvgIpc) is 3.33. The first-order valence-electron chi connectivity index (χ1n) is 8.33. The van der Waals surface area contributed by atoms with Gasteiger partial charge in [-0.1, -0.05) is 0 Å². The van der Waals surface area contributed by atoms with E-state index in [4.69, 9.17) is 0 Å². The highest BCUT2D eigenvalue weighted by Gasteiger charge is 2.30. The van der Waals surface area contributed by atoms with Gasteiger partial charge < -0.3 is 0 Å². The lowest BCUT2D eigenvalue weighted by Gasteiger charge is -2.11. The Balaban J connectivity index is 2.18. The Bertz CT molecular complexity index is 850. The minimum absolute atomic E-state index is 0.0278. The molecule has 0 unspecified atom stereocenters. The van der Waals surface area contributed by atoms with Crippen LogP contribution in [0.25, 0.3) is 10.2 Å². The molecule has 1 aliphatic rings. The molecule has 0 amide bonds. The van der Waals surface area contributed by atoms with Gasteiger partial charge in [-0.05, 0) is 45.2 Å². The molecule has 0 saturated heterocycles. The maximum absolute atomic E-state index is 12.9. The SMILES string of the molecule is CNNCc1sc2c(c1C)c(=O)n(C1CC1)c(=O)n2CCCCF. The summed E-state index contributed by atoms with van der Waals surface area (Å²) in [6.07, 6.45) is 2.77. The van der Waals surface area contributed by atoms with Crippen LogP contribution in [0.2, 0.25) is 0 Å². The first-order valence-corrected chi connectivity index (χ1v) is 9.14. The Morgan fingerprint density at radius 2 is 2.04 bits per heavy atom. The van der Waals surface area contributed by atoms with Gasteiger partial charge in [-0.3, -0.25) is 29.2 Å². The summed E-state index contributed by atoms with van der Waals surface area (Å²) in [6, 6.07) is 0.0278. The largest absolute Gasteiger partial charge is 0.332 e. The van der Waals surface area contributed by atoms with Crippen molar-refractivity contribution in [2.24, 2.45) is 0 Å². The second-order valence-electron chi connectivity index (χ2n) is 6.17. The van der Waals surface area contributed by atoms with E-state index in [1.807, 2.05) is 6.92 Å². The van der Waals surface area contributed by atoms with Crippen LogP contribution >= 0.6 is 11.3 Å². The zero-order chi connectivity index (χ0) is 17.3. The van der Waals surface area contributed by atoms with Gasteiger partial charge >= 0.3 is 5.69 Å². The maximum atomic E-state index is 12.9. The molecule has 1 aliphatic carbocycles.